The summed E-state index contributed by atoms with van der Waals surface area (Å²) in [7, 11) is -3.52. The average molecular weight is 460 g/mol. The van der Waals surface area contributed by atoms with Gasteiger partial charge in [-0.25, -0.2) is 8.42 Å². The first-order valence-corrected chi connectivity index (χ1v) is 12.3. The number of sulfonamides is 1. The fourth-order valence-corrected chi connectivity index (χ4v) is 4.32. The molecule has 1 fully saturated rings. The number of anilines is 3. The molecule has 7 nitrogen and oxygen atoms in total. The summed E-state index contributed by atoms with van der Waals surface area (Å²) in [6.45, 7) is 12.7. The van der Waals surface area contributed by atoms with Crippen molar-refractivity contribution < 1.29 is 17.9 Å². The molecule has 3 rings (SSSR count). The molecule has 2 aromatic carbocycles. The summed E-state index contributed by atoms with van der Waals surface area (Å²) in [6.07, 6.45) is 0.351. The lowest BCUT2D eigenvalue weighted by atomic mass is 10.1. The summed E-state index contributed by atoms with van der Waals surface area (Å²) in [4.78, 5) is 15.0. The monoisotopic (exact) mass is 459 g/mol. The highest BCUT2D eigenvalue weighted by atomic mass is 32.2. The highest BCUT2D eigenvalue weighted by Gasteiger charge is 2.29. The lowest BCUT2D eigenvalue weighted by molar-refractivity contribution is -0.00522. The molecule has 8 heteroatoms. The van der Waals surface area contributed by atoms with E-state index in [0.717, 1.165) is 30.0 Å². The quantitative estimate of drug-likeness (QED) is 0.692. The zero-order chi connectivity index (χ0) is 23.7. The van der Waals surface area contributed by atoms with Gasteiger partial charge in [0, 0.05) is 35.7 Å². The van der Waals surface area contributed by atoms with E-state index in [1.165, 1.54) is 0 Å². The lowest BCUT2D eigenvalue weighted by Gasteiger charge is -2.37. The molecule has 0 aromatic heterocycles. The Morgan fingerprint density at radius 3 is 2.16 bits per heavy atom. The third-order valence-electron chi connectivity index (χ3n) is 5.45. The van der Waals surface area contributed by atoms with Gasteiger partial charge in [0.05, 0.1) is 17.0 Å². The van der Waals surface area contributed by atoms with Crippen molar-refractivity contribution in [3.8, 4) is 0 Å². The number of carbonyl (C=O) groups excluding carboxylic acids is 1. The minimum absolute atomic E-state index is 0.175. The number of nitrogens with one attached hydrogen (secondary N) is 2. The van der Waals surface area contributed by atoms with Crippen molar-refractivity contribution in [3.05, 3.63) is 53.6 Å². The van der Waals surface area contributed by atoms with E-state index in [-0.39, 0.29) is 18.1 Å². The Bertz CT molecular complexity index is 1070. The predicted octanol–water partition coefficient (Wildman–Crippen LogP) is 4.40. The van der Waals surface area contributed by atoms with Crippen molar-refractivity contribution in [2.45, 2.75) is 58.5 Å². The third kappa shape index (κ3) is 5.61. The van der Waals surface area contributed by atoms with Crippen LogP contribution in [0.4, 0.5) is 17.1 Å². The van der Waals surface area contributed by atoms with Gasteiger partial charge in [0.25, 0.3) is 5.91 Å². The van der Waals surface area contributed by atoms with Gasteiger partial charge in [-0.2, -0.15) is 0 Å². The number of nitrogens with zero attached hydrogens (tertiary/aromatic N) is 1. The number of hydrogen-bond acceptors (Lipinski definition) is 5. The average Bonchev–Trinajstić information content (AvgIpc) is 2.68. The third-order valence-corrected chi connectivity index (χ3v) is 7.57. The van der Waals surface area contributed by atoms with Gasteiger partial charge in [0.2, 0.25) is 10.0 Å². The normalized spacial score (nSPS) is 19.5. The SMILES string of the molecule is Cc1cc(N2CC(C)OC(C)C2)ccc1NC(=O)c1ccc(NS(=O)(=O)C(C)(C)C)cc1. The van der Waals surface area contributed by atoms with Gasteiger partial charge in [-0.3, -0.25) is 9.52 Å². The van der Waals surface area contributed by atoms with Gasteiger partial charge in [0.15, 0.2) is 0 Å². The first-order chi connectivity index (χ1) is 14.9. The van der Waals surface area contributed by atoms with Crippen molar-refractivity contribution >= 4 is 33.0 Å². The zero-order valence-corrected chi connectivity index (χ0v) is 20.4. The highest BCUT2D eigenvalue weighted by Crippen LogP contribution is 2.26. The number of morpholine rings is 1. The lowest BCUT2D eigenvalue weighted by Crippen LogP contribution is -2.45. The molecule has 1 aliphatic rings. The number of hydrogen-bond donors (Lipinski definition) is 2. The van der Waals surface area contributed by atoms with Crippen LogP contribution in [0.5, 0.6) is 0 Å². The Hall–Kier alpha value is -2.58. The maximum atomic E-state index is 12.7. The molecule has 0 spiro atoms. The standard InChI is InChI=1S/C24H33N3O4S/c1-16-13-21(27-14-17(2)31-18(3)15-27)11-12-22(16)25-23(28)19-7-9-20(10-8-19)26-32(29,30)24(4,5)6/h7-13,17-18,26H,14-15H2,1-6H3,(H,25,28). The van der Waals surface area contributed by atoms with E-state index in [1.54, 1.807) is 45.0 Å². The van der Waals surface area contributed by atoms with Crippen LogP contribution in [-0.2, 0) is 14.8 Å². The molecule has 2 unspecified atom stereocenters. The summed E-state index contributed by atoms with van der Waals surface area (Å²) in [6, 6.07) is 12.4. The van der Waals surface area contributed by atoms with Crippen LogP contribution in [0.2, 0.25) is 0 Å². The van der Waals surface area contributed by atoms with Gasteiger partial charge in [-0.1, -0.05) is 0 Å². The van der Waals surface area contributed by atoms with Crippen LogP contribution in [0.1, 0.15) is 50.5 Å². The molecule has 0 aliphatic carbocycles. The molecule has 32 heavy (non-hydrogen) atoms. The second kappa shape index (κ2) is 9.11. The topological polar surface area (TPSA) is 87.7 Å². The molecule has 174 valence electrons. The van der Waals surface area contributed by atoms with Crippen LogP contribution >= 0.6 is 0 Å². The second-order valence-corrected chi connectivity index (χ2v) is 11.8. The molecule has 1 amide bonds. The molecule has 1 saturated heterocycles. The van der Waals surface area contributed by atoms with E-state index in [1.807, 2.05) is 19.1 Å². The minimum Gasteiger partial charge on any atom is -0.372 e. The van der Waals surface area contributed by atoms with E-state index in [4.69, 9.17) is 4.74 Å². The van der Waals surface area contributed by atoms with Crippen LogP contribution in [0.15, 0.2) is 42.5 Å². The van der Waals surface area contributed by atoms with E-state index in [9.17, 15) is 13.2 Å². The minimum atomic E-state index is -3.52. The summed E-state index contributed by atoms with van der Waals surface area (Å²) in [5, 5.41) is 2.95. The van der Waals surface area contributed by atoms with Crippen LogP contribution < -0.4 is 14.9 Å². The van der Waals surface area contributed by atoms with Crippen LogP contribution in [0, 0.1) is 6.92 Å². The molecule has 1 aliphatic heterocycles. The van der Waals surface area contributed by atoms with Crippen molar-refractivity contribution in [1.82, 2.24) is 0 Å². The molecular formula is C24H33N3O4S. The van der Waals surface area contributed by atoms with Gasteiger partial charge in [-0.05, 0) is 89.6 Å². The number of carbonyl (C=O) groups is 1. The Balaban J connectivity index is 1.68. The van der Waals surface area contributed by atoms with Crippen LogP contribution in [0.25, 0.3) is 0 Å². The van der Waals surface area contributed by atoms with Crippen molar-refractivity contribution in [2.24, 2.45) is 0 Å². The van der Waals surface area contributed by atoms with Crippen LogP contribution in [-0.4, -0.2) is 44.4 Å². The van der Waals surface area contributed by atoms with Gasteiger partial charge in [-0.15, -0.1) is 0 Å². The van der Waals surface area contributed by atoms with Crippen molar-refractivity contribution in [2.75, 3.05) is 28.0 Å². The maximum absolute atomic E-state index is 12.7. The molecule has 0 radical (unpaired) electrons. The summed E-state index contributed by atoms with van der Waals surface area (Å²) in [5.41, 5.74) is 3.69. The Morgan fingerprint density at radius 1 is 1.03 bits per heavy atom. The van der Waals surface area contributed by atoms with E-state index in [2.05, 4.69) is 34.9 Å². The Kier molecular flexibility index (Phi) is 6.86. The number of aryl methyl sites for hydroxylation is 1. The number of ether oxygens (including phenoxy) is 1. The predicted molar refractivity (Wildman–Crippen MR) is 130 cm³/mol. The number of benzene rings is 2. The summed E-state index contributed by atoms with van der Waals surface area (Å²) in [5.74, 6) is -0.250. The van der Waals surface area contributed by atoms with Gasteiger partial charge < -0.3 is 15.0 Å². The largest absolute Gasteiger partial charge is 0.372 e. The molecule has 0 saturated carbocycles. The van der Waals surface area contributed by atoms with E-state index in [0.29, 0.717) is 11.3 Å². The second-order valence-electron chi connectivity index (χ2n) is 9.41. The fourth-order valence-electron chi connectivity index (χ4n) is 3.57. The zero-order valence-electron chi connectivity index (χ0n) is 19.6. The number of amides is 1. The Labute approximate surface area is 191 Å². The van der Waals surface area contributed by atoms with Crippen molar-refractivity contribution in [1.29, 1.82) is 0 Å². The summed E-state index contributed by atoms with van der Waals surface area (Å²) >= 11 is 0. The van der Waals surface area contributed by atoms with Gasteiger partial charge >= 0.3 is 0 Å². The van der Waals surface area contributed by atoms with E-state index < -0.39 is 14.8 Å². The molecule has 2 aromatic rings. The highest BCUT2D eigenvalue weighted by molar-refractivity contribution is 7.94. The Morgan fingerprint density at radius 2 is 1.62 bits per heavy atom. The molecule has 2 atom stereocenters. The van der Waals surface area contributed by atoms with Gasteiger partial charge in [0.1, 0.15) is 0 Å². The van der Waals surface area contributed by atoms with Crippen molar-refractivity contribution in [3.63, 3.8) is 0 Å². The number of rotatable bonds is 5. The molecular weight excluding hydrogens is 426 g/mol. The molecule has 0 bridgehead atoms. The fraction of sp³-hybridized carbons (Fsp3) is 0.458. The maximum Gasteiger partial charge on any atom is 0.255 e. The summed E-state index contributed by atoms with van der Waals surface area (Å²) < 4.78 is 32.0. The first-order valence-electron chi connectivity index (χ1n) is 10.8. The first kappa shape index (κ1) is 24.1. The molecule has 1 heterocycles. The van der Waals surface area contributed by atoms with Crippen LogP contribution in [0.3, 0.4) is 0 Å². The molecule has 2 N–H and O–H groups in total. The smallest absolute Gasteiger partial charge is 0.255 e. The van der Waals surface area contributed by atoms with E-state index >= 15 is 0 Å².